The maximum absolute atomic E-state index is 12.0. The molecule has 1 heterocycles. The molecule has 0 bridgehead atoms. The van der Waals surface area contributed by atoms with Gasteiger partial charge in [-0.1, -0.05) is 29.8 Å². The molecule has 176 valence electrons. The maximum atomic E-state index is 12.0. The number of amides is 1. The molecule has 0 aliphatic heterocycles. The second kappa shape index (κ2) is 12.9. The van der Waals surface area contributed by atoms with Gasteiger partial charge < -0.3 is 25.3 Å². The van der Waals surface area contributed by atoms with Crippen LogP contribution >= 0.6 is 24.0 Å². The Labute approximate surface area is 211 Å². The number of aliphatic imine (C=N–C) groups is 1. The topological polar surface area (TPSA) is 94.8 Å². The number of carbonyl (C=O) groups excluding carboxylic acids is 1. The van der Waals surface area contributed by atoms with Crippen LogP contribution in [-0.2, 0) is 17.9 Å². The number of carbonyl (C=O) groups is 1. The highest BCUT2D eigenvalue weighted by molar-refractivity contribution is 14.0. The van der Waals surface area contributed by atoms with Crippen LogP contribution in [-0.4, -0.2) is 49.4 Å². The molecule has 0 saturated carbocycles. The van der Waals surface area contributed by atoms with Crippen molar-refractivity contribution in [1.82, 2.24) is 20.5 Å². The summed E-state index contributed by atoms with van der Waals surface area (Å²) in [6.07, 6.45) is 1.65. The van der Waals surface area contributed by atoms with E-state index in [0.29, 0.717) is 31.5 Å². The van der Waals surface area contributed by atoms with Crippen molar-refractivity contribution in [3.05, 3.63) is 71.6 Å². The zero-order valence-electron chi connectivity index (χ0n) is 19.4. The summed E-state index contributed by atoms with van der Waals surface area (Å²) >= 11 is 0. The maximum Gasteiger partial charge on any atom is 0.238 e. The smallest absolute Gasteiger partial charge is 0.238 e. The lowest BCUT2D eigenvalue weighted by molar-refractivity contribution is -0.116. The molecule has 0 atom stereocenters. The van der Waals surface area contributed by atoms with Crippen LogP contribution in [0.2, 0.25) is 0 Å². The molecular formula is C24H31IN6O2. The highest BCUT2D eigenvalue weighted by atomic mass is 127. The summed E-state index contributed by atoms with van der Waals surface area (Å²) in [7, 11) is 5.44. The van der Waals surface area contributed by atoms with E-state index in [1.807, 2.05) is 74.4 Å². The second-order valence-electron chi connectivity index (χ2n) is 7.78. The molecule has 0 unspecified atom stereocenters. The molecule has 1 aromatic heterocycles. The number of aryl methyl sites for hydroxylation is 1. The van der Waals surface area contributed by atoms with Crippen molar-refractivity contribution in [2.24, 2.45) is 4.99 Å². The molecule has 0 aliphatic rings. The van der Waals surface area contributed by atoms with Crippen molar-refractivity contribution >= 4 is 41.5 Å². The van der Waals surface area contributed by atoms with Crippen LogP contribution in [0.3, 0.4) is 0 Å². The molecule has 0 radical (unpaired) electrons. The number of anilines is 1. The van der Waals surface area contributed by atoms with Crippen LogP contribution in [0.1, 0.15) is 16.8 Å². The normalized spacial score (nSPS) is 11.1. The molecular weight excluding hydrogens is 531 g/mol. The van der Waals surface area contributed by atoms with E-state index in [1.54, 1.807) is 13.3 Å². The Balaban J connectivity index is 0.00000385. The van der Waals surface area contributed by atoms with Crippen molar-refractivity contribution < 1.29 is 9.21 Å². The third-order valence-electron chi connectivity index (χ3n) is 4.64. The first-order chi connectivity index (χ1) is 15.4. The number of halogens is 1. The lowest BCUT2D eigenvalue weighted by atomic mass is 10.1. The minimum absolute atomic E-state index is 0. The number of aromatic nitrogens is 1. The van der Waals surface area contributed by atoms with E-state index in [9.17, 15) is 4.79 Å². The number of guanidine groups is 1. The number of nitrogens with zero attached hydrogens (tertiary/aromatic N) is 3. The van der Waals surface area contributed by atoms with Crippen molar-refractivity contribution in [2.45, 2.75) is 20.0 Å². The van der Waals surface area contributed by atoms with E-state index in [1.165, 1.54) is 5.56 Å². The number of benzene rings is 2. The summed E-state index contributed by atoms with van der Waals surface area (Å²) in [6, 6.07) is 15.8. The van der Waals surface area contributed by atoms with E-state index in [4.69, 9.17) is 4.42 Å². The van der Waals surface area contributed by atoms with Crippen molar-refractivity contribution in [3.8, 4) is 11.5 Å². The molecule has 33 heavy (non-hydrogen) atoms. The van der Waals surface area contributed by atoms with Gasteiger partial charge in [0, 0.05) is 24.8 Å². The summed E-state index contributed by atoms with van der Waals surface area (Å²) in [5.74, 6) is 1.19. The molecule has 0 aliphatic carbocycles. The molecule has 3 aromatic rings. The first-order valence-corrected chi connectivity index (χ1v) is 10.4. The van der Waals surface area contributed by atoms with Gasteiger partial charge in [-0.15, -0.1) is 24.0 Å². The van der Waals surface area contributed by atoms with Gasteiger partial charge in [0.05, 0.1) is 18.8 Å². The molecule has 0 fully saturated rings. The highest BCUT2D eigenvalue weighted by Crippen LogP contribution is 2.19. The van der Waals surface area contributed by atoms with Crippen molar-refractivity contribution in [3.63, 3.8) is 0 Å². The lowest BCUT2D eigenvalue weighted by Crippen LogP contribution is -2.36. The van der Waals surface area contributed by atoms with Crippen LogP contribution in [0.25, 0.3) is 11.5 Å². The van der Waals surface area contributed by atoms with Crippen molar-refractivity contribution in [1.29, 1.82) is 0 Å². The average molecular weight is 562 g/mol. The Bertz CT molecular complexity index is 1060. The third kappa shape index (κ3) is 8.50. The zero-order valence-corrected chi connectivity index (χ0v) is 21.7. The lowest BCUT2D eigenvalue weighted by Gasteiger charge is -2.13. The predicted molar refractivity (Wildman–Crippen MR) is 143 cm³/mol. The summed E-state index contributed by atoms with van der Waals surface area (Å²) in [4.78, 5) is 22.6. The molecule has 9 heteroatoms. The summed E-state index contributed by atoms with van der Waals surface area (Å²) in [6.45, 7) is 3.43. The standard InChI is InChI=1S/C24H30N6O2.HI/c1-17-8-10-19(11-9-17)23-29-21(16-32-23)14-27-24(25-2)26-13-18-6-5-7-20(12-18)28-22(31)15-30(3)4;/h5-12,16H,13-15H2,1-4H3,(H,28,31)(H2,25,26,27);1H. The highest BCUT2D eigenvalue weighted by Gasteiger charge is 2.08. The van der Waals surface area contributed by atoms with Gasteiger partial charge in [-0.25, -0.2) is 4.98 Å². The fourth-order valence-electron chi connectivity index (χ4n) is 3.04. The zero-order chi connectivity index (χ0) is 22.9. The van der Waals surface area contributed by atoms with E-state index in [-0.39, 0.29) is 29.9 Å². The molecule has 0 saturated heterocycles. The fourth-order valence-corrected chi connectivity index (χ4v) is 3.04. The van der Waals surface area contributed by atoms with Crippen molar-refractivity contribution in [2.75, 3.05) is 33.0 Å². The predicted octanol–water partition coefficient (Wildman–Crippen LogP) is 3.63. The van der Waals surface area contributed by atoms with Gasteiger partial charge in [-0.2, -0.15) is 0 Å². The van der Waals surface area contributed by atoms with Gasteiger partial charge in [-0.3, -0.25) is 9.79 Å². The largest absolute Gasteiger partial charge is 0.444 e. The minimum Gasteiger partial charge on any atom is -0.444 e. The number of hydrogen-bond donors (Lipinski definition) is 3. The molecule has 8 nitrogen and oxygen atoms in total. The van der Waals surface area contributed by atoms with Gasteiger partial charge in [0.15, 0.2) is 5.96 Å². The Hall–Kier alpha value is -2.92. The Kier molecular flexibility index (Phi) is 10.3. The fraction of sp³-hybridized carbons (Fsp3) is 0.292. The molecule has 0 spiro atoms. The number of nitrogens with one attached hydrogen (secondary N) is 3. The quantitative estimate of drug-likeness (QED) is 0.221. The molecule has 3 rings (SSSR count). The van der Waals surface area contributed by atoms with Crippen LogP contribution in [0.4, 0.5) is 5.69 Å². The number of likely N-dealkylation sites (N-methyl/N-ethyl adjacent to an activating group) is 1. The summed E-state index contributed by atoms with van der Waals surface area (Å²) < 4.78 is 5.61. The van der Waals surface area contributed by atoms with E-state index in [0.717, 1.165) is 22.5 Å². The SMILES string of the molecule is CN=C(NCc1cccc(NC(=O)CN(C)C)c1)NCc1coc(-c2ccc(C)cc2)n1.I. The first-order valence-electron chi connectivity index (χ1n) is 10.4. The molecule has 3 N–H and O–H groups in total. The van der Waals surface area contributed by atoms with Gasteiger partial charge in [0.25, 0.3) is 0 Å². The van der Waals surface area contributed by atoms with Crippen LogP contribution in [0, 0.1) is 6.92 Å². The van der Waals surface area contributed by atoms with Gasteiger partial charge in [0.2, 0.25) is 11.8 Å². The average Bonchev–Trinajstić information content (AvgIpc) is 3.23. The Morgan fingerprint density at radius 3 is 2.52 bits per heavy atom. The van der Waals surface area contributed by atoms with E-state index in [2.05, 4.69) is 25.9 Å². The minimum atomic E-state index is -0.0461. The number of oxazole rings is 1. The monoisotopic (exact) mass is 562 g/mol. The number of rotatable bonds is 8. The van der Waals surface area contributed by atoms with E-state index >= 15 is 0 Å². The molecule has 1 amide bonds. The third-order valence-corrected chi connectivity index (χ3v) is 4.64. The second-order valence-corrected chi connectivity index (χ2v) is 7.78. The van der Waals surface area contributed by atoms with E-state index < -0.39 is 0 Å². The van der Waals surface area contributed by atoms with Crippen LogP contribution in [0.15, 0.2) is 64.2 Å². The van der Waals surface area contributed by atoms with Crippen LogP contribution < -0.4 is 16.0 Å². The Morgan fingerprint density at radius 2 is 1.82 bits per heavy atom. The number of hydrogen-bond acceptors (Lipinski definition) is 5. The van der Waals surface area contributed by atoms with Gasteiger partial charge >= 0.3 is 0 Å². The Morgan fingerprint density at radius 1 is 1.09 bits per heavy atom. The summed E-state index contributed by atoms with van der Waals surface area (Å²) in [5.41, 5.74) is 4.72. The summed E-state index contributed by atoms with van der Waals surface area (Å²) in [5, 5.41) is 9.42. The first kappa shape index (κ1) is 26.3. The van der Waals surface area contributed by atoms with Crippen LogP contribution in [0.5, 0.6) is 0 Å². The van der Waals surface area contributed by atoms with Gasteiger partial charge in [-0.05, 0) is 50.8 Å². The molecule has 2 aromatic carbocycles. The van der Waals surface area contributed by atoms with Gasteiger partial charge in [0.1, 0.15) is 6.26 Å².